The second-order valence-corrected chi connectivity index (χ2v) is 16.9. The van der Waals surface area contributed by atoms with Crippen LogP contribution in [0.1, 0.15) is 90.6 Å². The molecule has 3 aromatic rings. The highest BCUT2D eigenvalue weighted by Gasteiger charge is 2.34. The molecule has 5 rings (SSSR count). The molecular formula is C41H51ClN4O7. The van der Waals surface area contributed by atoms with Gasteiger partial charge in [0.15, 0.2) is 5.82 Å². The summed E-state index contributed by atoms with van der Waals surface area (Å²) < 4.78 is 17.1. The third kappa shape index (κ3) is 10.7. The second kappa shape index (κ2) is 15.8. The van der Waals surface area contributed by atoms with Crippen LogP contribution in [0.25, 0.3) is 5.57 Å². The van der Waals surface area contributed by atoms with Gasteiger partial charge in [-0.25, -0.2) is 19.4 Å². The van der Waals surface area contributed by atoms with Gasteiger partial charge in [0.25, 0.3) is 0 Å². The molecule has 1 aliphatic heterocycles. The minimum absolute atomic E-state index is 0.0382. The van der Waals surface area contributed by atoms with Gasteiger partial charge in [0, 0.05) is 61.8 Å². The number of allylic oxidation sites excluding steroid dienone is 1. The van der Waals surface area contributed by atoms with E-state index < -0.39 is 29.4 Å². The zero-order chi connectivity index (χ0) is 38.7. The maximum Gasteiger partial charge on any atom is 0.425 e. The van der Waals surface area contributed by atoms with Crippen molar-refractivity contribution in [3.63, 3.8) is 0 Å². The fraction of sp³-hybridized carbons (Fsp3) is 0.463. The molecule has 2 aromatic carbocycles. The summed E-state index contributed by atoms with van der Waals surface area (Å²) in [5, 5.41) is 10.8. The van der Waals surface area contributed by atoms with Crippen molar-refractivity contribution in [2.45, 2.75) is 85.9 Å². The van der Waals surface area contributed by atoms with E-state index in [1.54, 1.807) is 53.7 Å². The predicted molar refractivity (Wildman–Crippen MR) is 207 cm³/mol. The first kappa shape index (κ1) is 39.6. The average Bonchev–Trinajstić information content (AvgIpc) is 3.05. The number of hydrogen-bond acceptors (Lipinski definition) is 9. The van der Waals surface area contributed by atoms with E-state index in [0.717, 1.165) is 62.7 Å². The molecule has 12 heteroatoms. The van der Waals surface area contributed by atoms with Crippen molar-refractivity contribution in [2.24, 2.45) is 5.41 Å². The van der Waals surface area contributed by atoms with Crippen LogP contribution in [0.3, 0.4) is 0 Å². The minimum atomic E-state index is -1.16. The molecule has 0 spiro atoms. The largest absolute Gasteiger partial charge is 0.478 e. The lowest BCUT2D eigenvalue weighted by Crippen LogP contribution is -2.47. The van der Waals surface area contributed by atoms with Gasteiger partial charge in [-0.3, -0.25) is 4.90 Å². The van der Waals surface area contributed by atoms with Gasteiger partial charge in [-0.05, 0) is 108 Å². The van der Waals surface area contributed by atoms with Crippen molar-refractivity contribution in [3.8, 4) is 11.5 Å². The number of ether oxygens (including phenoxy) is 3. The number of hydrogen-bond donors (Lipinski definition) is 1. The van der Waals surface area contributed by atoms with E-state index in [9.17, 15) is 19.5 Å². The molecule has 2 amide bonds. The van der Waals surface area contributed by atoms with E-state index in [2.05, 4.69) is 40.8 Å². The van der Waals surface area contributed by atoms with Gasteiger partial charge in [0.1, 0.15) is 28.3 Å². The van der Waals surface area contributed by atoms with Crippen LogP contribution in [0.2, 0.25) is 5.02 Å². The molecule has 0 atom stereocenters. The number of pyridine rings is 1. The Labute approximate surface area is 317 Å². The number of rotatable bonds is 8. The summed E-state index contributed by atoms with van der Waals surface area (Å²) in [5.41, 5.74) is 3.36. The minimum Gasteiger partial charge on any atom is -0.478 e. The molecule has 2 aliphatic rings. The quantitative estimate of drug-likeness (QED) is 0.238. The van der Waals surface area contributed by atoms with Crippen LogP contribution in [0.15, 0.2) is 66.4 Å². The summed E-state index contributed by atoms with van der Waals surface area (Å²) in [4.78, 5) is 48.3. The molecule has 2 heterocycles. The number of carboxylic acid groups (broad SMARTS) is 1. The van der Waals surface area contributed by atoms with Crippen molar-refractivity contribution >= 4 is 46.8 Å². The fourth-order valence-electron chi connectivity index (χ4n) is 6.46. The number of benzene rings is 2. The molecule has 0 saturated carbocycles. The van der Waals surface area contributed by atoms with Crippen molar-refractivity contribution in [1.29, 1.82) is 0 Å². The third-order valence-electron chi connectivity index (χ3n) is 9.05. The number of nitrogens with zero attached hydrogens (tertiary/aromatic N) is 4. The summed E-state index contributed by atoms with van der Waals surface area (Å²) in [6, 6.07) is 16.1. The maximum atomic E-state index is 13.2. The number of amides is 2. The second-order valence-electron chi connectivity index (χ2n) is 16.4. The SMILES string of the molecule is CC1(C)CCC(CN2CCN(c3ccc(C(=O)O)c(Oc4ccnc(N(C(=O)OC(C)(C)C)C(=O)OC(C)(C)C)c4)c3)CC2)=C(c2ccc(Cl)cc2)C1. The van der Waals surface area contributed by atoms with Crippen LogP contribution in [-0.4, -0.2) is 77.1 Å². The molecule has 284 valence electrons. The number of imide groups is 1. The number of piperazine rings is 1. The summed E-state index contributed by atoms with van der Waals surface area (Å²) >= 11 is 6.21. The van der Waals surface area contributed by atoms with Crippen LogP contribution < -0.4 is 14.5 Å². The predicted octanol–water partition coefficient (Wildman–Crippen LogP) is 9.69. The highest BCUT2D eigenvalue weighted by molar-refractivity contribution is 6.30. The topological polar surface area (TPSA) is 122 Å². The molecule has 0 bridgehead atoms. The Morgan fingerprint density at radius 2 is 1.51 bits per heavy atom. The number of carbonyl (C=O) groups excluding carboxylic acids is 2. The van der Waals surface area contributed by atoms with E-state index >= 15 is 0 Å². The average molecular weight is 747 g/mol. The Bertz CT molecular complexity index is 1820. The van der Waals surface area contributed by atoms with E-state index in [-0.39, 0.29) is 28.3 Å². The molecule has 1 N–H and O–H groups in total. The summed E-state index contributed by atoms with van der Waals surface area (Å²) in [6.45, 7) is 18.8. The Morgan fingerprint density at radius 3 is 2.09 bits per heavy atom. The lowest BCUT2D eigenvalue weighted by Gasteiger charge is -2.39. The van der Waals surface area contributed by atoms with Crippen LogP contribution in [0.5, 0.6) is 11.5 Å². The zero-order valence-electron chi connectivity index (χ0n) is 32.0. The fourth-order valence-corrected chi connectivity index (χ4v) is 6.58. The smallest absolute Gasteiger partial charge is 0.425 e. The number of carboxylic acids is 1. The molecule has 11 nitrogen and oxygen atoms in total. The molecule has 1 fully saturated rings. The number of carbonyl (C=O) groups is 3. The lowest BCUT2D eigenvalue weighted by molar-refractivity contribution is 0.0428. The van der Waals surface area contributed by atoms with Crippen molar-refractivity contribution in [3.05, 3.63) is 82.5 Å². The maximum absolute atomic E-state index is 13.2. The van der Waals surface area contributed by atoms with Gasteiger partial charge < -0.3 is 24.2 Å². The first-order valence-corrected chi connectivity index (χ1v) is 18.4. The first-order valence-electron chi connectivity index (χ1n) is 18.0. The van der Waals surface area contributed by atoms with Crippen molar-refractivity contribution < 1.29 is 33.7 Å². The number of aromatic nitrogens is 1. The molecule has 1 aliphatic carbocycles. The third-order valence-corrected chi connectivity index (χ3v) is 9.30. The van der Waals surface area contributed by atoms with Gasteiger partial charge >= 0.3 is 18.2 Å². The van der Waals surface area contributed by atoms with E-state index in [1.165, 1.54) is 41.1 Å². The van der Waals surface area contributed by atoms with E-state index in [0.29, 0.717) is 4.90 Å². The standard InChI is InChI=1S/C41H51ClN4O7/c1-39(2,3)52-37(49)46(38(50)53-40(4,5)6)35-24-31(16-18-43-35)51-34-23-30(13-14-32(34)36(47)48)45-21-19-44(20-22-45)26-28-15-17-41(7,8)25-33(28)27-9-11-29(42)12-10-27/h9-14,16,18,23-24H,15,17,19-22,25-26H2,1-8H3,(H,47,48). The van der Waals surface area contributed by atoms with Crippen LogP contribution in [-0.2, 0) is 9.47 Å². The zero-order valence-corrected chi connectivity index (χ0v) is 32.7. The Kier molecular flexibility index (Phi) is 11.8. The normalized spacial score (nSPS) is 16.6. The number of halogens is 1. The molecule has 0 unspecified atom stereocenters. The van der Waals surface area contributed by atoms with Gasteiger partial charge in [-0.1, -0.05) is 43.2 Å². The van der Waals surface area contributed by atoms with Gasteiger partial charge in [0.2, 0.25) is 0 Å². The molecule has 1 aromatic heterocycles. The Balaban J connectivity index is 1.33. The Hall–Kier alpha value is -4.61. The first-order chi connectivity index (χ1) is 24.8. The molecule has 0 radical (unpaired) electrons. The number of anilines is 2. The van der Waals surface area contributed by atoms with E-state index in [4.69, 9.17) is 25.8 Å². The van der Waals surface area contributed by atoms with Gasteiger partial charge in [0.05, 0.1) is 0 Å². The van der Waals surface area contributed by atoms with Crippen LogP contribution in [0, 0.1) is 5.41 Å². The number of aromatic carboxylic acids is 1. The van der Waals surface area contributed by atoms with Crippen LogP contribution >= 0.6 is 11.6 Å². The highest BCUT2D eigenvalue weighted by Crippen LogP contribution is 2.43. The molecular weight excluding hydrogens is 696 g/mol. The lowest BCUT2D eigenvalue weighted by atomic mass is 9.72. The molecule has 53 heavy (non-hydrogen) atoms. The molecule has 1 saturated heterocycles. The summed E-state index contributed by atoms with van der Waals surface area (Å²) in [6.07, 6.45) is 2.64. The van der Waals surface area contributed by atoms with Gasteiger partial charge in [-0.15, -0.1) is 0 Å². The highest BCUT2D eigenvalue weighted by atomic mass is 35.5. The summed E-state index contributed by atoms with van der Waals surface area (Å²) in [7, 11) is 0. The van der Waals surface area contributed by atoms with Gasteiger partial charge in [-0.2, -0.15) is 4.90 Å². The summed E-state index contributed by atoms with van der Waals surface area (Å²) in [5.74, 6) is -0.989. The van der Waals surface area contributed by atoms with Crippen LogP contribution in [0.4, 0.5) is 21.1 Å². The van der Waals surface area contributed by atoms with Crippen molar-refractivity contribution in [1.82, 2.24) is 9.88 Å². The van der Waals surface area contributed by atoms with Crippen molar-refractivity contribution in [2.75, 3.05) is 42.5 Å². The van der Waals surface area contributed by atoms with E-state index in [1.807, 2.05) is 12.1 Å². The monoisotopic (exact) mass is 746 g/mol. The Morgan fingerprint density at radius 1 is 0.887 bits per heavy atom.